The summed E-state index contributed by atoms with van der Waals surface area (Å²) in [5.74, 6) is -0.777. The van der Waals surface area contributed by atoms with E-state index in [1.807, 2.05) is 0 Å². The number of ether oxygens (including phenoxy) is 1. The van der Waals surface area contributed by atoms with Crippen molar-refractivity contribution in [2.24, 2.45) is 0 Å². The molecule has 18 heavy (non-hydrogen) atoms. The van der Waals surface area contributed by atoms with Gasteiger partial charge in [0.15, 0.2) is 6.61 Å². The molecule has 0 saturated carbocycles. The first-order valence-electron chi connectivity index (χ1n) is 5.72. The van der Waals surface area contributed by atoms with E-state index in [4.69, 9.17) is 0 Å². The summed E-state index contributed by atoms with van der Waals surface area (Å²) in [6.07, 6.45) is -2.61. The summed E-state index contributed by atoms with van der Waals surface area (Å²) in [7, 11) is 0. The minimum atomic E-state index is -2.61. The van der Waals surface area contributed by atoms with E-state index in [-0.39, 0.29) is 19.1 Å². The molecule has 0 radical (unpaired) electrons. The summed E-state index contributed by atoms with van der Waals surface area (Å²) < 4.78 is 26.8. The highest BCUT2D eigenvalue weighted by Gasteiger charge is 2.07. The second kappa shape index (κ2) is 14.4. The fourth-order valence-electron chi connectivity index (χ4n) is 0.933. The number of alkyl halides is 2. The minimum absolute atomic E-state index is 0. The number of halogens is 2. The first-order chi connectivity index (χ1) is 7.88. The van der Waals surface area contributed by atoms with E-state index in [9.17, 15) is 13.6 Å². The molecule has 3 nitrogen and oxygen atoms in total. The first kappa shape index (κ1) is 22.6. The zero-order valence-corrected chi connectivity index (χ0v) is 12.6. The molecule has 0 N–H and O–H groups in total. The average molecular weight is 285 g/mol. The van der Waals surface area contributed by atoms with Gasteiger partial charge in [-0.25, -0.2) is 13.6 Å². The van der Waals surface area contributed by atoms with Gasteiger partial charge in [0.25, 0.3) is 6.43 Å². The van der Waals surface area contributed by atoms with Crippen LogP contribution in [0.2, 0.25) is 0 Å². The highest BCUT2D eigenvalue weighted by Crippen LogP contribution is 1.96. The van der Waals surface area contributed by atoms with E-state index in [0.29, 0.717) is 0 Å². The summed E-state index contributed by atoms with van der Waals surface area (Å²) in [5, 5.41) is 0. The second-order valence-electron chi connectivity index (χ2n) is 3.39. The van der Waals surface area contributed by atoms with Crippen molar-refractivity contribution < 1.29 is 18.3 Å². The maximum atomic E-state index is 11.4. The van der Waals surface area contributed by atoms with Crippen LogP contribution in [-0.2, 0) is 9.53 Å². The molecule has 0 saturated heterocycles. The summed E-state index contributed by atoms with van der Waals surface area (Å²) in [5.41, 5.74) is 0.126. The molecule has 0 fully saturated rings. The lowest BCUT2D eigenvalue weighted by Gasteiger charge is -2.13. The van der Waals surface area contributed by atoms with Gasteiger partial charge in [-0.15, -0.1) is 0 Å². The van der Waals surface area contributed by atoms with Crippen LogP contribution in [0.1, 0.15) is 27.7 Å². The van der Waals surface area contributed by atoms with Crippen LogP contribution < -0.4 is 0 Å². The Morgan fingerprint density at radius 1 is 1.22 bits per heavy atom. The molecule has 0 rings (SSSR count). The number of carbonyl (C=O) groups excluding carboxylic acids is 1. The summed E-state index contributed by atoms with van der Waals surface area (Å²) in [6.45, 7) is 13.9. The minimum Gasteiger partial charge on any atom is -0.456 e. The topological polar surface area (TPSA) is 29.5 Å². The van der Waals surface area contributed by atoms with Gasteiger partial charge >= 0.3 is 5.97 Å². The molecule has 0 aromatic rings. The Balaban J connectivity index is -0.000000251. The van der Waals surface area contributed by atoms with Crippen molar-refractivity contribution in [3.05, 3.63) is 12.2 Å². The van der Waals surface area contributed by atoms with Crippen LogP contribution in [0, 0.1) is 0 Å². The SMILES string of the molecule is C=C(C)C(=O)OCC(F)F.CCN(CC)CC.S. The zero-order chi connectivity index (χ0) is 13.8. The normalized spacial score (nSPS) is 9.33. The first-order valence-corrected chi connectivity index (χ1v) is 5.72. The third-order valence-corrected chi connectivity index (χ3v) is 2.03. The quantitative estimate of drug-likeness (QED) is 0.555. The fraction of sp³-hybridized carbons (Fsp3) is 0.750. The maximum Gasteiger partial charge on any atom is 0.333 e. The average Bonchev–Trinajstić information content (AvgIpc) is 2.28. The predicted molar refractivity (Wildman–Crippen MR) is 75.6 cm³/mol. The third kappa shape index (κ3) is 15.4. The van der Waals surface area contributed by atoms with Crippen molar-refractivity contribution in [2.45, 2.75) is 34.1 Å². The van der Waals surface area contributed by atoms with Crippen LogP contribution in [-0.4, -0.2) is 43.5 Å². The highest BCUT2D eigenvalue weighted by atomic mass is 32.1. The van der Waals surface area contributed by atoms with Crippen molar-refractivity contribution in [1.29, 1.82) is 0 Å². The lowest BCUT2D eigenvalue weighted by atomic mass is 10.4. The molecule has 0 unspecified atom stereocenters. The largest absolute Gasteiger partial charge is 0.456 e. The molecular formula is C12H25F2NO2S. The van der Waals surface area contributed by atoms with Gasteiger partial charge in [-0.3, -0.25) is 0 Å². The molecular weight excluding hydrogens is 260 g/mol. The smallest absolute Gasteiger partial charge is 0.333 e. The van der Waals surface area contributed by atoms with E-state index in [1.54, 1.807) is 0 Å². The number of carbonyl (C=O) groups is 1. The van der Waals surface area contributed by atoms with Crippen LogP contribution >= 0.6 is 13.5 Å². The zero-order valence-electron chi connectivity index (χ0n) is 11.6. The molecule has 0 aliphatic rings. The van der Waals surface area contributed by atoms with Gasteiger partial charge in [0.05, 0.1) is 0 Å². The molecule has 0 aromatic heterocycles. The van der Waals surface area contributed by atoms with Crippen LogP contribution in [0.5, 0.6) is 0 Å². The molecule has 0 heterocycles. The van der Waals surface area contributed by atoms with Crippen molar-refractivity contribution in [3.8, 4) is 0 Å². The Bertz CT molecular complexity index is 217. The number of hydrogen-bond donors (Lipinski definition) is 0. The highest BCUT2D eigenvalue weighted by molar-refractivity contribution is 7.59. The number of hydrogen-bond acceptors (Lipinski definition) is 3. The van der Waals surface area contributed by atoms with Gasteiger partial charge in [-0.2, -0.15) is 13.5 Å². The number of esters is 1. The lowest BCUT2D eigenvalue weighted by Crippen LogP contribution is -2.21. The Morgan fingerprint density at radius 3 is 1.78 bits per heavy atom. The van der Waals surface area contributed by atoms with Gasteiger partial charge in [0.2, 0.25) is 0 Å². The summed E-state index contributed by atoms with van der Waals surface area (Å²) in [6, 6.07) is 0. The maximum absolute atomic E-state index is 11.4. The van der Waals surface area contributed by atoms with Crippen molar-refractivity contribution in [2.75, 3.05) is 26.2 Å². The number of rotatable bonds is 6. The molecule has 0 bridgehead atoms. The molecule has 0 aromatic carbocycles. The standard InChI is InChI=1S/C6H8F2O2.C6H15N.H2S/c1-4(2)6(9)10-3-5(7)8;1-4-7(5-2)6-3;/h5H,1,3H2,2H3;4-6H2,1-3H3;1H2. The molecule has 0 spiro atoms. The summed E-state index contributed by atoms with van der Waals surface area (Å²) >= 11 is 0. The van der Waals surface area contributed by atoms with Crippen molar-refractivity contribution in [1.82, 2.24) is 4.90 Å². The van der Waals surface area contributed by atoms with Crippen LogP contribution in [0.25, 0.3) is 0 Å². The van der Waals surface area contributed by atoms with Gasteiger partial charge in [-0.1, -0.05) is 27.4 Å². The van der Waals surface area contributed by atoms with Gasteiger partial charge < -0.3 is 9.64 Å². The van der Waals surface area contributed by atoms with E-state index < -0.39 is 19.0 Å². The van der Waals surface area contributed by atoms with Crippen molar-refractivity contribution >= 4 is 19.5 Å². The van der Waals surface area contributed by atoms with E-state index in [0.717, 1.165) is 0 Å². The number of nitrogens with zero attached hydrogens (tertiary/aromatic N) is 1. The van der Waals surface area contributed by atoms with E-state index in [1.165, 1.54) is 26.6 Å². The fourth-order valence-corrected chi connectivity index (χ4v) is 0.933. The van der Waals surface area contributed by atoms with Crippen LogP contribution in [0.15, 0.2) is 12.2 Å². The third-order valence-electron chi connectivity index (χ3n) is 2.03. The Kier molecular flexibility index (Phi) is 18.1. The van der Waals surface area contributed by atoms with E-state index in [2.05, 4.69) is 37.0 Å². The molecule has 0 aliphatic heterocycles. The van der Waals surface area contributed by atoms with Crippen LogP contribution in [0.4, 0.5) is 8.78 Å². The van der Waals surface area contributed by atoms with Gasteiger partial charge in [-0.05, 0) is 26.6 Å². The monoisotopic (exact) mass is 285 g/mol. The summed E-state index contributed by atoms with van der Waals surface area (Å²) in [4.78, 5) is 12.8. The van der Waals surface area contributed by atoms with E-state index >= 15 is 0 Å². The van der Waals surface area contributed by atoms with Crippen LogP contribution in [0.3, 0.4) is 0 Å². The van der Waals surface area contributed by atoms with Gasteiger partial charge in [0.1, 0.15) is 0 Å². The second-order valence-corrected chi connectivity index (χ2v) is 3.39. The molecule has 6 heteroatoms. The molecule has 110 valence electrons. The Hall–Kier alpha value is -0.620. The Labute approximate surface area is 116 Å². The van der Waals surface area contributed by atoms with Gasteiger partial charge in [0, 0.05) is 5.57 Å². The molecule has 0 aliphatic carbocycles. The van der Waals surface area contributed by atoms with Crippen molar-refractivity contribution in [3.63, 3.8) is 0 Å². The molecule has 0 atom stereocenters. The Morgan fingerprint density at radius 2 is 1.61 bits per heavy atom. The lowest BCUT2D eigenvalue weighted by molar-refractivity contribution is -0.142. The molecule has 0 amide bonds. The predicted octanol–water partition coefficient (Wildman–Crippen LogP) is 2.83.